The van der Waals surface area contributed by atoms with Gasteiger partial charge in [-0.25, -0.2) is 13.6 Å². The molecule has 0 radical (unpaired) electrons. The van der Waals surface area contributed by atoms with Crippen molar-refractivity contribution in [3.05, 3.63) is 93.8 Å². The van der Waals surface area contributed by atoms with E-state index in [2.05, 4.69) is 15.5 Å². The molecule has 2 amide bonds. The van der Waals surface area contributed by atoms with Gasteiger partial charge in [-0.3, -0.25) is 4.90 Å². The van der Waals surface area contributed by atoms with Gasteiger partial charge in [0.1, 0.15) is 11.6 Å². The molecule has 1 unspecified atom stereocenters. The molecule has 1 atom stereocenters. The third kappa shape index (κ3) is 4.01. The summed E-state index contributed by atoms with van der Waals surface area (Å²) in [5, 5.41) is 9.32. The van der Waals surface area contributed by atoms with E-state index >= 15 is 0 Å². The number of aromatic nitrogens is 2. The number of nitrogens with one attached hydrogen (secondary N) is 1. The number of amides is 2. The van der Waals surface area contributed by atoms with Gasteiger partial charge in [-0.2, -0.15) is 4.98 Å². The van der Waals surface area contributed by atoms with Crippen LogP contribution in [0.25, 0.3) is 16.3 Å². The lowest BCUT2D eigenvalue weighted by Crippen LogP contribution is -2.46. The summed E-state index contributed by atoms with van der Waals surface area (Å²) in [6, 6.07) is 12.4. The summed E-state index contributed by atoms with van der Waals surface area (Å²) < 4.78 is 33.4. The first-order valence-corrected chi connectivity index (χ1v) is 11.1. The van der Waals surface area contributed by atoms with E-state index in [4.69, 9.17) is 16.1 Å². The Morgan fingerprint density at radius 2 is 1.91 bits per heavy atom. The molecule has 1 N–H and O–H groups in total. The predicted octanol–water partition coefficient (Wildman–Crippen LogP) is 6.43. The van der Waals surface area contributed by atoms with Crippen molar-refractivity contribution in [3.8, 4) is 10.7 Å². The molecular weight excluding hydrogens is 470 g/mol. The average molecular weight is 485 g/mol. The lowest BCUT2D eigenvalue weighted by Gasteiger charge is -2.35. The number of carbonyl (C=O) groups excluding carboxylic acids is 1. The van der Waals surface area contributed by atoms with Crippen molar-refractivity contribution in [2.24, 2.45) is 0 Å². The van der Waals surface area contributed by atoms with Gasteiger partial charge in [0.05, 0.1) is 22.2 Å². The van der Waals surface area contributed by atoms with Gasteiger partial charge in [0.2, 0.25) is 5.82 Å². The van der Waals surface area contributed by atoms with Crippen LogP contribution in [0.2, 0.25) is 5.02 Å². The second kappa shape index (κ2) is 8.42. The second-order valence-corrected chi connectivity index (χ2v) is 8.68. The molecular formula is C23H15ClF2N4O2S. The first kappa shape index (κ1) is 21.3. The molecule has 0 aliphatic carbocycles. The fourth-order valence-corrected chi connectivity index (χ4v) is 4.62. The van der Waals surface area contributed by atoms with Crippen molar-refractivity contribution in [1.29, 1.82) is 0 Å². The number of hydrogen-bond acceptors (Lipinski definition) is 5. The maximum atomic E-state index is 13.9. The lowest BCUT2D eigenvalue weighted by molar-refractivity contribution is 0.244. The van der Waals surface area contributed by atoms with Crippen LogP contribution in [-0.2, 0) is 0 Å². The van der Waals surface area contributed by atoms with E-state index in [1.807, 2.05) is 17.5 Å². The Hall–Kier alpha value is -3.56. The molecule has 6 nitrogen and oxygen atoms in total. The third-order valence-corrected chi connectivity index (χ3v) is 6.27. The highest BCUT2D eigenvalue weighted by Crippen LogP contribution is 2.40. The smallest absolute Gasteiger partial charge is 0.327 e. The van der Waals surface area contributed by atoms with Gasteiger partial charge < -0.3 is 9.84 Å². The van der Waals surface area contributed by atoms with E-state index in [1.54, 1.807) is 31.2 Å². The highest BCUT2D eigenvalue weighted by Gasteiger charge is 2.37. The molecule has 3 heterocycles. The number of allylic oxidation sites excluding steroid dienone is 1. The molecule has 4 aromatic rings. The zero-order valence-electron chi connectivity index (χ0n) is 17.1. The van der Waals surface area contributed by atoms with Crippen LogP contribution in [0.1, 0.15) is 24.4 Å². The molecule has 10 heteroatoms. The molecule has 0 spiro atoms. The van der Waals surface area contributed by atoms with Crippen LogP contribution in [-0.4, -0.2) is 16.2 Å². The number of thiophene rings is 1. The summed E-state index contributed by atoms with van der Waals surface area (Å²) in [6.45, 7) is 1.66. The summed E-state index contributed by atoms with van der Waals surface area (Å²) in [6.07, 6.45) is 0. The molecule has 1 aliphatic heterocycles. The maximum Gasteiger partial charge on any atom is 0.327 e. The molecule has 0 saturated heterocycles. The summed E-state index contributed by atoms with van der Waals surface area (Å²) in [5.74, 6) is -1.04. The molecule has 166 valence electrons. The number of hydrogen-bond donors (Lipinski definition) is 1. The van der Waals surface area contributed by atoms with Crippen LogP contribution in [0.4, 0.5) is 19.3 Å². The minimum Gasteiger partial charge on any atom is -0.334 e. The van der Waals surface area contributed by atoms with Gasteiger partial charge in [0.25, 0.3) is 5.89 Å². The Bertz CT molecular complexity index is 1370. The normalized spacial score (nSPS) is 16.3. The quantitative estimate of drug-likeness (QED) is 0.362. The number of urea groups is 1. The number of carbonyl (C=O) groups is 1. The molecule has 0 bridgehead atoms. The first-order chi connectivity index (χ1) is 15.9. The molecule has 5 rings (SSSR count). The minimum atomic E-state index is -0.804. The molecule has 33 heavy (non-hydrogen) atoms. The van der Waals surface area contributed by atoms with E-state index in [-0.39, 0.29) is 11.6 Å². The van der Waals surface area contributed by atoms with Crippen molar-refractivity contribution in [3.63, 3.8) is 0 Å². The largest absolute Gasteiger partial charge is 0.334 e. The number of nitrogens with zero attached hydrogens (tertiary/aromatic N) is 3. The van der Waals surface area contributed by atoms with Gasteiger partial charge in [-0.15, -0.1) is 11.3 Å². The zero-order chi connectivity index (χ0) is 23.1. The standard InChI is InChI=1S/C23H15ClF2N4O2S/c1-12-19(22-28-21(29-32-22)18-6-3-7-33-18)20(13-4-2-5-14(24)8-13)27-23(31)30(12)17-10-15(25)9-16(26)11-17/h2-11,20H,1H3,(H,27,31). The summed E-state index contributed by atoms with van der Waals surface area (Å²) in [7, 11) is 0. The number of halogens is 3. The van der Waals surface area contributed by atoms with Crippen LogP contribution in [0, 0.1) is 11.6 Å². The third-order valence-electron chi connectivity index (χ3n) is 5.17. The van der Waals surface area contributed by atoms with Gasteiger partial charge in [0, 0.05) is 16.8 Å². The zero-order valence-corrected chi connectivity index (χ0v) is 18.6. The van der Waals surface area contributed by atoms with E-state index < -0.39 is 23.7 Å². The number of benzene rings is 2. The minimum absolute atomic E-state index is 0.0301. The molecule has 0 fully saturated rings. The Labute approximate surface area is 196 Å². The summed E-state index contributed by atoms with van der Waals surface area (Å²) in [4.78, 5) is 19.6. The van der Waals surface area contributed by atoms with Crippen molar-refractivity contribution in [2.45, 2.75) is 13.0 Å². The fraction of sp³-hybridized carbons (Fsp3) is 0.0870. The highest BCUT2D eigenvalue weighted by atomic mass is 35.5. The van der Waals surface area contributed by atoms with Crippen molar-refractivity contribution >= 4 is 40.2 Å². The van der Waals surface area contributed by atoms with Gasteiger partial charge in [0.15, 0.2) is 0 Å². The van der Waals surface area contributed by atoms with E-state index in [1.165, 1.54) is 16.2 Å². The molecule has 2 aromatic carbocycles. The predicted molar refractivity (Wildman–Crippen MR) is 122 cm³/mol. The maximum absolute atomic E-state index is 13.9. The number of anilines is 1. The van der Waals surface area contributed by atoms with Crippen LogP contribution >= 0.6 is 22.9 Å². The number of rotatable bonds is 4. The summed E-state index contributed by atoms with van der Waals surface area (Å²) in [5.41, 5.74) is 1.58. The average Bonchev–Trinajstić information content (AvgIpc) is 3.45. The SMILES string of the molecule is CC1=C(c2nc(-c3cccs3)no2)C(c2cccc(Cl)c2)NC(=O)N1c1cc(F)cc(F)c1. The van der Waals surface area contributed by atoms with Crippen LogP contribution in [0.3, 0.4) is 0 Å². The Morgan fingerprint density at radius 3 is 2.61 bits per heavy atom. The van der Waals surface area contributed by atoms with E-state index in [0.29, 0.717) is 27.7 Å². The van der Waals surface area contributed by atoms with E-state index in [9.17, 15) is 13.6 Å². The van der Waals surface area contributed by atoms with Crippen LogP contribution in [0.15, 0.2) is 70.2 Å². The topological polar surface area (TPSA) is 71.3 Å². The highest BCUT2D eigenvalue weighted by molar-refractivity contribution is 7.13. The Balaban J connectivity index is 1.69. The van der Waals surface area contributed by atoms with Crippen molar-refractivity contribution in [1.82, 2.24) is 15.5 Å². The van der Waals surface area contributed by atoms with Gasteiger partial charge >= 0.3 is 6.03 Å². The van der Waals surface area contributed by atoms with Crippen LogP contribution in [0.5, 0.6) is 0 Å². The summed E-state index contributed by atoms with van der Waals surface area (Å²) >= 11 is 7.64. The fourth-order valence-electron chi connectivity index (χ4n) is 3.77. The monoisotopic (exact) mass is 484 g/mol. The van der Waals surface area contributed by atoms with Crippen LogP contribution < -0.4 is 10.2 Å². The molecule has 2 aromatic heterocycles. The first-order valence-electron chi connectivity index (χ1n) is 9.81. The second-order valence-electron chi connectivity index (χ2n) is 7.30. The molecule has 0 saturated carbocycles. The lowest BCUT2D eigenvalue weighted by atomic mass is 9.94. The van der Waals surface area contributed by atoms with E-state index in [0.717, 1.165) is 23.1 Å². The Kier molecular flexibility index (Phi) is 5.43. The van der Waals surface area contributed by atoms with Gasteiger partial charge in [-0.05, 0) is 48.2 Å². The van der Waals surface area contributed by atoms with Gasteiger partial charge in [-0.1, -0.05) is 35.0 Å². The molecule has 1 aliphatic rings. The van der Waals surface area contributed by atoms with Crippen molar-refractivity contribution < 1.29 is 18.1 Å². The van der Waals surface area contributed by atoms with Crippen molar-refractivity contribution in [2.75, 3.05) is 4.90 Å². The Morgan fingerprint density at radius 1 is 1.12 bits per heavy atom.